The summed E-state index contributed by atoms with van der Waals surface area (Å²) in [4.78, 5) is 45.3. The van der Waals surface area contributed by atoms with E-state index in [0.29, 0.717) is 16.8 Å². The molecule has 0 saturated carbocycles. The summed E-state index contributed by atoms with van der Waals surface area (Å²) in [7, 11) is 0. The van der Waals surface area contributed by atoms with Crippen molar-refractivity contribution in [3.8, 4) is 0 Å². The Balaban J connectivity index is 1.60. The molecular formula is C17H17N3O5. The molecule has 130 valence electrons. The van der Waals surface area contributed by atoms with Crippen LogP contribution in [0.5, 0.6) is 0 Å². The van der Waals surface area contributed by atoms with E-state index in [4.69, 9.17) is 9.36 Å². The molecular weight excluding hydrogens is 326 g/mol. The predicted molar refractivity (Wildman–Crippen MR) is 84.4 cm³/mol. The number of rotatable bonds is 4. The number of imide groups is 1. The van der Waals surface area contributed by atoms with Crippen LogP contribution in [0.3, 0.4) is 0 Å². The van der Waals surface area contributed by atoms with Gasteiger partial charge in [-0.05, 0) is 12.1 Å². The zero-order valence-corrected chi connectivity index (χ0v) is 14.1. The number of carbonyl (C=O) groups excluding carboxylic acids is 3. The second kappa shape index (κ2) is 6.12. The van der Waals surface area contributed by atoms with Gasteiger partial charge in [-0.15, -0.1) is 0 Å². The van der Waals surface area contributed by atoms with E-state index >= 15 is 0 Å². The average Bonchev–Trinajstić information content (AvgIpc) is 3.13. The molecule has 8 nitrogen and oxygen atoms in total. The van der Waals surface area contributed by atoms with Crippen LogP contribution in [0.2, 0.25) is 0 Å². The molecule has 0 bridgehead atoms. The number of carbonyl (C=O) groups is 3. The third kappa shape index (κ3) is 3.28. The van der Waals surface area contributed by atoms with Gasteiger partial charge < -0.3 is 9.36 Å². The summed E-state index contributed by atoms with van der Waals surface area (Å²) in [5.41, 5.74) is 0.168. The maximum Gasteiger partial charge on any atom is 0.333 e. The van der Waals surface area contributed by atoms with Crippen molar-refractivity contribution in [1.29, 1.82) is 0 Å². The minimum absolute atomic E-state index is 0.0980. The number of hydrogen-bond acceptors (Lipinski definition) is 7. The van der Waals surface area contributed by atoms with Gasteiger partial charge in [-0.25, -0.2) is 4.79 Å². The van der Waals surface area contributed by atoms with E-state index < -0.39 is 17.8 Å². The lowest BCUT2D eigenvalue weighted by molar-refractivity contribution is -0.168. The highest BCUT2D eigenvalue weighted by atomic mass is 16.7. The Morgan fingerprint density at radius 2 is 1.76 bits per heavy atom. The molecule has 3 rings (SSSR count). The number of aromatic nitrogens is 2. The highest BCUT2D eigenvalue weighted by molar-refractivity contribution is 6.20. The van der Waals surface area contributed by atoms with Gasteiger partial charge in [0, 0.05) is 11.8 Å². The number of hydrogen-bond donors (Lipinski definition) is 0. The summed E-state index contributed by atoms with van der Waals surface area (Å²) in [5, 5.41) is 4.35. The molecule has 8 heteroatoms. The molecule has 0 aliphatic carbocycles. The number of aryl methyl sites for hydroxylation is 1. The van der Waals surface area contributed by atoms with Crippen LogP contribution >= 0.6 is 0 Å². The van der Waals surface area contributed by atoms with Crippen molar-refractivity contribution in [2.75, 3.05) is 0 Å². The number of nitrogens with zero attached hydrogens (tertiary/aromatic N) is 3. The highest BCUT2D eigenvalue weighted by Crippen LogP contribution is 2.23. The van der Waals surface area contributed by atoms with Gasteiger partial charge in [-0.1, -0.05) is 43.1 Å². The molecule has 0 spiro atoms. The van der Waals surface area contributed by atoms with Crippen molar-refractivity contribution in [2.45, 2.75) is 39.0 Å². The first-order chi connectivity index (χ1) is 11.8. The van der Waals surface area contributed by atoms with Crippen LogP contribution in [0.4, 0.5) is 0 Å². The second-order valence-electron chi connectivity index (χ2n) is 6.68. The monoisotopic (exact) mass is 343 g/mol. The van der Waals surface area contributed by atoms with E-state index in [1.807, 2.05) is 20.8 Å². The van der Waals surface area contributed by atoms with Crippen molar-refractivity contribution in [2.24, 2.45) is 0 Å². The lowest BCUT2D eigenvalue weighted by Gasteiger charge is -2.12. The Bertz CT molecular complexity index is 815. The zero-order valence-electron chi connectivity index (χ0n) is 14.1. The van der Waals surface area contributed by atoms with Gasteiger partial charge in [0.2, 0.25) is 5.89 Å². The minimum Gasteiger partial charge on any atom is -0.339 e. The summed E-state index contributed by atoms with van der Waals surface area (Å²) in [6, 6.07) is 6.29. The topological polar surface area (TPSA) is 103 Å². The maximum absolute atomic E-state index is 12.1. The van der Waals surface area contributed by atoms with E-state index in [0.717, 1.165) is 0 Å². The van der Waals surface area contributed by atoms with Crippen LogP contribution in [0, 0.1) is 0 Å². The van der Waals surface area contributed by atoms with Gasteiger partial charge in [0.1, 0.15) is 0 Å². The van der Waals surface area contributed by atoms with Gasteiger partial charge >= 0.3 is 5.97 Å². The summed E-state index contributed by atoms with van der Waals surface area (Å²) in [6.07, 6.45) is 0.0598. The molecule has 0 N–H and O–H groups in total. The largest absolute Gasteiger partial charge is 0.339 e. The third-order valence-corrected chi connectivity index (χ3v) is 3.63. The van der Waals surface area contributed by atoms with E-state index in [2.05, 4.69) is 10.1 Å². The molecule has 2 heterocycles. The van der Waals surface area contributed by atoms with Gasteiger partial charge in [0.25, 0.3) is 11.8 Å². The van der Waals surface area contributed by atoms with Crippen LogP contribution < -0.4 is 0 Å². The van der Waals surface area contributed by atoms with E-state index in [1.165, 1.54) is 12.1 Å². The number of amides is 2. The fourth-order valence-electron chi connectivity index (χ4n) is 2.27. The van der Waals surface area contributed by atoms with E-state index in [9.17, 15) is 14.4 Å². The number of fused-ring (bicyclic) bond motifs is 1. The Labute approximate surface area is 143 Å². The van der Waals surface area contributed by atoms with Crippen molar-refractivity contribution in [3.63, 3.8) is 0 Å². The van der Waals surface area contributed by atoms with Crippen molar-refractivity contribution in [3.05, 3.63) is 47.1 Å². The molecule has 1 aromatic heterocycles. The quantitative estimate of drug-likeness (QED) is 0.783. The lowest BCUT2D eigenvalue weighted by Crippen LogP contribution is -2.32. The Morgan fingerprint density at radius 3 is 2.28 bits per heavy atom. The Kier molecular flexibility index (Phi) is 4.12. The lowest BCUT2D eigenvalue weighted by atomic mass is 9.96. The van der Waals surface area contributed by atoms with E-state index in [-0.39, 0.29) is 29.4 Å². The second-order valence-corrected chi connectivity index (χ2v) is 6.68. The summed E-state index contributed by atoms with van der Waals surface area (Å²) < 4.78 is 5.09. The molecule has 1 aliphatic rings. The normalized spacial score (nSPS) is 14.0. The first-order valence-electron chi connectivity index (χ1n) is 7.79. The summed E-state index contributed by atoms with van der Waals surface area (Å²) in [5.74, 6) is -1.20. The van der Waals surface area contributed by atoms with Crippen molar-refractivity contribution in [1.82, 2.24) is 15.2 Å². The van der Waals surface area contributed by atoms with Gasteiger partial charge in [0.15, 0.2) is 5.82 Å². The van der Waals surface area contributed by atoms with Gasteiger partial charge in [-0.2, -0.15) is 4.98 Å². The van der Waals surface area contributed by atoms with Crippen LogP contribution in [0.25, 0.3) is 0 Å². The Hall–Kier alpha value is -3.03. The number of benzene rings is 1. The standard InChI is InChI=1S/C17H17N3O5/c1-17(2,3)16-18-12(24-19-16)8-9-13(21)25-20-14(22)10-6-4-5-7-11(10)15(20)23/h4-7H,8-9H2,1-3H3. The average molecular weight is 343 g/mol. The molecule has 25 heavy (non-hydrogen) atoms. The molecule has 0 atom stereocenters. The van der Waals surface area contributed by atoms with Gasteiger partial charge in [-0.3, -0.25) is 9.59 Å². The molecule has 0 fully saturated rings. The maximum atomic E-state index is 12.1. The smallest absolute Gasteiger partial charge is 0.333 e. The number of hydroxylamine groups is 2. The van der Waals surface area contributed by atoms with Crippen LogP contribution in [0.15, 0.2) is 28.8 Å². The molecule has 1 aromatic carbocycles. The third-order valence-electron chi connectivity index (χ3n) is 3.63. The molecule has 0 unspecified atom stereocenters. The van der Waals surface area contributed by atoms with Crippen LogP contribution in [-0.2, 0) is 21.5 Å². The van der Waals surface area contributed by atoms with Gasteiger partial charge in [0.05, 0.1) is 17.5 Å². The molecule has 2 amide bonds. The Morgan fingerprint density at radius 1 is 1.16 bits per heavy atom. The fourth-order valence-corrected chi connectivity index (χ4v) is 2.27. The molecule has 0 saturated heterocycles. The van der Waals surface area contributed by atoms with Crippen LogP contribution in [-0.4, -0.2) is 33.0 Å². The van der Waals surface area contributed by atoms with E-state index in [1.54, 1.807) is 12.1 Å². The fraction of sp³-hybridized carbons (Fsp3) is 0.353. The summed E-state index contributed by atoms with van der Waals surface area (Å²) in [6.45, 7) is 5.83. The zero-order chi connectivity index (χ0) is 18.2. The van der Waals surface area contributed by atoms with Crippen LogP contribution in [0.1, 0.15) is 59.6 Å². The first kappa shape index (κ1) is 16.8. The highest BCUT2D eigenvalue weighted by Gasteiger charge is 2.38. The SMILES string of the molecule is CC(C)(C)c1noc(CCC(=O)ON2C(=O)c3ccccc3C2=O)n1. The van der Waals surface area contributed by atoms with Crippen molar-refractivity contribution >= 4 is 17.8 Å². The summed E-state index contributed by atoms with van der Waals surface area (Å²) >= 11 is 0. The molecule has 0 radical (unpaired) electrons. The predicted octanol–water partition coefficient (Wildman–Crippen LogP) is 2.05. The first-order valence-corrected chi connectivity index (χ1v) is 7.79. The molecule has 2 aromatic rings. The van der Waals surface area contributed by atoms with Crippen molar-refractivity contribution < 1.29 is 23.7 Å². The minimum atomic E-state index is -0.731. The molecule has 1 aliphatic heterocycles.